The fraction of sp³-hybridized carbons (Fsp3) is 0.0870. The smallest absolute Gasteiger partial charge is 0.254 e. The van der Waals surface area contributed by atoms with E-state index in [1.54, 1.807) is 18.1 Å². The minimum absolute atomic E-state index is 0.0764. The zero-order valence-electron chi connectivity index (χ0n) is 15.3. The quantitative estimate of drug-likeness (QED) is 0.482. The van der Waals surface area contributed by atoms with Gasteiger partial charge in [0.15, 0.2) is 5.65 Å². The number of hydrogen-bond donors (Lipinski definition) is 0. The normalized spacial score (nSPS) is 10.8. The van der Waals surface area contributed by atoms with Crippen LogP contribution in [-0.4, -0.2) is 27.8 Å². The highest BCUT2D eigenvalue weighted by Gasteiger charge is 2.18. The molecule has 0 radical (unpaired) electrons. The molecule has 0 saturated carbocycles. The van der Waals surface area contributed by atoms with Crippen molar-refractivity contribution in [1.29, 1.82) is 0 Å². The van der Waals surface area contributed by atoms with Crippen molar-refractivity contribution < 1.29 is 4.79 Å². The van der Waals surface area contributed by atoms with Gasteiger partial charge in [0.25, 0.3) is 5.91 Å². The van der Waals surface area contributed by atoms with Crippen LogP contribution in [-0.2, 0) is 6.54 Å². The molecule has 0 atom stereocenters. The van der Waals surface area contributed by atoms with Crippen LogP contribution in [0.4, 0.5) is 0 Å². The van der Waals surface area contributed by atoms with Gasteiger partial charge in [-0.05, 0) is 35.9 Å². The molecule has 1 amide bonds. The van der Waals surface area contributed by atoms with Crippen LogP contribution >= 0.6 is 11.6 Å². The first kappa shape index (κ1) is 18.1. The van der Waals surface area contributed by atoms with Crippen molar-refractivity contribution in [3.63, 3.8) is 0 Å². The van der Waals surface area contributed by atoms with Crippen molar-refractivity contribution >= 4 is 28.5 Å². The lowest BCUT2D eigenvalue weighted by atomic mass is 10.0. The number of amides is 1. The number of aromatic nitrogens is 2. The molecule has 2 heterocycles. The van der Waals surface area contributed by atoms with Crippen LogP contribution < -0.4 is 0 Å². The standard InChI is InChI=1S/C23H18ClN3O/c1-27(15-16-9-11-18(24)12-10-16)23(28)20-14-21(17-6-3-2-4-7-17)26-22-19(20)8-5-13-25-22/h2-14H,15H2,1H3. The molecule has 0 fully saturated rings. The molecule has 0 aliphatic rings. The fourth-order valence-corrected chi connectivity index (χ4v) is 3.26. The summed E-state index contributed by atoms with van der Waals surface area (Å²) in [6.45, 7) is 0.487. The Morgan fingerprint density at radius 2 is 1.75 bits per heavy atom. The number of halogens is 1. The summed E-state index contributed by atoms with van der Waals surface area (Å²) in [5.41, 5.74) is 3.85. The van der Waals surface area contributed by atoms with Crippen molar-refractivity contribution in [3.05, 3.63) is 95.1 Å². The highest BCUT2D eigenvalue weighted by Crippen LogP contribution is 2.25. The van der Waals surface area contributed by atoms with Gasteiger partial charge in [0.1, 0.15) is 0 Å². The molecule has 2 aromatic heterocycles. The van der Waals surface area contributed by atoms with E-state index in [0.29, 0.717) is 22.8 Å². The molecular formula is C23H18ClN3O. The Morgan fingerprint density at radius 3 is 2.50 bits per heavy atom. The molecule has 0 unspecified atom stereocenters. The monoisotopic (exact) mass is 387 g/mol. The lowest BCUT2D eigenvalue weighted by molar-refractivity contribution is 0.0787. The van der Waals surface area contributed by atoms with Crippen molar-refractivity contribution in [3.8, 4) is 11.3 Å². The predicted molar refractivity (Wildman–Crippen MR) is 112 cm³/mol. The van der Waals surface area contributed by atoms with Crippen molar-refractivity contribution in [2.45, 2.75) is 6.54 Å². The SMILES string of the molecule is CN(Cc1ccc(Cl)cc1)C(=O)c1cc(-c2ccccc2)nc2ncccc12. The number of rotatable bonds is 4. The molecule has 0 N–H and O–H groups in total. The fourth-order valence-electron chi connectivity index (χ4n) is 3.13. The molecule has 4 nitrogen and oxygen atoms in total. The number of pyridine rings is 2. The largest absolute Gasteiger partial charge is 0.337 e. The molecule has 138 valence electrons. The Bertz CT molecular complexity index is 1130. The number of carbonyl (C=O) groups excluding carboxylic acids is 1. The number of fused-ring (bicyclic) bond motifs is 1. The first-order valence-corrected chi connectivity index (χ1v) is 9.31. The zero-order valence-corrected chi connectivity index (χ0v) is 16.1. The van der Waals surface area contributed by atoms with E-state index < -0.39 is 0 Å². The molecule has 0 aliphatic carbocycles. The van der Waals surface area contributed by atoms with Crippen molar-refractivity contribution in [2.75, 3.05) is 7.05 Å². The third kappa shape index (κ3) is 3.73. The summed E-state index contributed by atoms with van der Waals surface area (Å²) >= 11 is 5.95. The minimum atomic E-state index is -0.0764. The lowest BCUT2D eigenvalue weighted by Crippen LogP contribution is -2.26. The van der Waals surface area contributed by atoms with E-state index in [1.807, 2.05) is 72.8 Å². The first-order valence-electron chi connectivity index (χ1n) is 8.93. The topological polar surface area (TPSA) is 46.1 Å². The number of hydrogen-bond acceptors (Lipinski definition) is 3. The highest BCUT2D eigenvalue weighted by atomic mass is 35.5. The van der Waals surface area contributed by atoms with E-state index in [9.17, 15) is 4.79 Å². The summed E-state index contributed by atoms with van der Waals surface area (Å²) in [7, 11) is 1.79. The van der Waals surface area contributed by atoms with Crippen molar-refractivity contribution in [2.24, 2.45) is 0 Å². The average Bonchev–Trinajstić information content (AvgIpc) is 2.74. The van der Waals surface area contributed by atoms with Gasteiger partial charge in [0, 0.05) is 35.8 Å². The zero-order chi connectivity index (χ0) is 19.5. The molecule has 4 aromatic rings. The van der Waals surface area contributed by atoms with E-state index in [0.717, 1.165) is 22.2 Å². The van der Waals surface area contributed by atoms with Crippen LogP contribution in [0.3, 0.4) is 0 Å². The summed E-state index contributed by atoms with van der Waals surface area (Å²) in [5.74, 6) is -0.0764. The predicted octanol–water partition coefficient (Wildman–Crippen LogP) is 5.22. The number of benzene rings is 2. The number of carbonyl (C=O) groups is 1. The van der Waals surface area contributed by atoms with Crippen LogP contribution in [0.25, 0.3) is 22.3 Å². The Kier molecular flexibility index (Phi) is 5.04. The second-order valence-electron chi connectivity index (χ2n) is 6.58. The molecule has 5 heteroatoms. The number of nitrogens with zero attached hydrogens (tertiary/aromatic N) is 3. The Balaban J connectivity index is 1.73. The Labute approximate surface area is 168 Å². The maximum Gasteiger partial charge on any atom is 0.254 e. The van der Waals surface area contributed by atoms with Crippen LogP contribution in [0, 0.1) is 0 Å². The van der Waals surface area contributed by atoms with Crippen LogP contribution in [0.1, 0.15) is 15.9 Å². The van der Waals surface area contributed by atoms with Gasteiger partial charge in [0.05, 0.1) is 11.3 Å². The summed E-state index contributed by atoms with van der Waals surface area (Å²) in [5, 5.41) is 1.42. The van der Waals surface area contributed by atoms with Gasteiger partial charge in [-0.2, -0.15) is 0 Å². The first-order chi connectivity index (χ1) is 13.6. The Morgan fingerprint density at radius 1 is 1.00 bits per heavy atom. The van der Waals surface area contributed by atoms with Gasteiger partial charge in [-0.15, -0.1) is 0 Å². The second-order valence-corrected chi connectivity index (χ2v) is 7.02. The summed E-state index contributed by atoms with van der Waals surface area (Å²) in [4.78, 5) is 24.0. The molecule has 4 rings (SSSR count). The highest BCUT2D eigenvalue weighted by molar-refractivity contribution is 6.30. The molecule has 28 heavy (non-hydrogen) atoms. The van der Waals surface area contributed by atoms with E-state index in [4.69, 9.17) is 11.6 Å². The van der Waals surface area contributed by atoms with E-state index >= 15 is 0 Å². The third-order valence-electron chi connectivity index (χ3n) is 4.56. The average molecular weight is 388 g/mol. The summed E-state index contributed by atoms with van der Waals surface area (Å²) in [6.07, 6.45) is 1.69. The second kappa shape index (κ2) is 7.79. The van der Waals surface area contributed by atoms with Gasteiger partial charge in [-0.1, -0.05) is 54.1 Å². The van der Waals surface area contributed by atoms with Gasteiger partial charge in [-0.3, -0.25) is 4.79 Å². The minimum Gasteiger partial charge on any atom is -0.337 e. The van der Waals surface area contributed by atoms with Crippen LogP contribution in [0.2, 0.25) is 5.02 Å². The lowest BCUT2D eigenvalue weighted by Gasteiger charge is -2.19. The third-order valence-corrected chi connectivity index (χ3v) is 4.82. The molecule has 0 saturated heterocycles. The van der Waals surface area contributed by atoms with Crippen LogP contribution in [0.15, 0.2) is 79.0 Å². The van der Waals surface area contributed by atoms with Gasteiger partial charge >= 0.3 is 0 Å². The molecular weight excluding hydrogens is 370 g/mol. The van der Waals surface area contributed by atoms with E-state index in [2.05, 4.69) is 9.97 Å². The molecule has 0 spiro atoms. The van der Waals surface area contributed by atoms with E-state index in [1.165, 1.54) is 0 Å². The Hall–Kier alpha value is -3.24. The van der Waals surface area contributed by atoms with Gasteiger partial charge in [-0.25, -0.2) is 9.97 Å². The van der Waals surface area contributed by atoms with Crippen molar-refractivity contribution in [1.82, 2.24) is 14.9 Å². The summed E-state index contributed by atoms with van der Waals surface area (Å²) < 4.78 is 0. The molecule has 0 bridgehead atoms. The molecule has 0 aliphatic heterocycles. The maximum atomic E-state index is 13.3. The van der Waals surface area contributed by atoms with E-state index in [-0.39, 0.29) is 5.91 Å². The van der Waals surface area contributed by atoms with Crippen LogP contribution in [0.5, 0.6) is 0 Å². The summed E-state index contributed by atoms with van der Waals surface area (Å²) in [6, 6.07) is 22.9. The molecule has 2 aromatic carbocycles. The van der Waals surface area contributed by atoms with Gasteiger partial charge in [0.2, 0.25) is 0 Å². The maximum absolute atomic E-state index is 13.3. The van der Waals surface area contributed by atoms with Gasteiger partial charge < -0.3 is 4.90 Å².